The predicted octanol–water partition coefficient (Wildman–Crippen LogP) is 3.59. The maximum absolute atomic E-state index is 13.3. The van der Waals surface area contributed by atoms with E-state index in [0.717, 1.165) is 23.1 Å². The van der Waals surface area contributed by atoms with Crippen LogP contribution in [0.15, 0.2) is 29.9 Å². The zero-order chi connectivity index (χ0) is 11.5. The minimum atomic E-state index is -0.460. The lowest BCUT2D eigenvalue weighted by molar-refractivity contribution is 0.600. The van der Waals surface area contributed by atoms with Crippen molar-refractivity contribution in [1.29, 1.82) is 0 Å². The van der Waals surface area contributed by atoms with Crippen molar-refractivity contribution in [3.05, 3.63) is 46.4 Å². The number of rotatable bonds is 3. The first-order valence-corrected chi connectivity index (χ1v) is 5.65. The molecule has 1 N–H and O–H groups in total. The molecular formula is C11H10F2N2S. The molecule has 0 radical (unpaired) electrons. The van der Waals surface area contributed by atoms with Crippen molar-refractivity contribution >= 4 is 17.0 Å². The van der Waals surface area contributed by atoms with E-state index >= 15 is 0 Å². The zero-order valence-electron chi connectivity index (χ0n) is 8.58. The van der Waals surface area contributed by atoms with Gasteiger partial charge in [-0.3, -0.25) is 4.98 Å². The van der Waals surface area contributed by atoms with Crippen LogP contribution in [-0.4, -0.2) is 4.98 Å². The fourth-order valence-corrected chi connectivity index (χ4v) is 1.98. The Balaban J connectivity index is 2.17. The quantitative estimate of drug-likeness (QED) is 0.886. The first-order chi connectivity index (χ1) is 7.66. The molecule has 2 rings (SSSR count). The summed E-state index contributed by atoms with van der Waals surface area (Å²) in [5.41, 5.74) is 1.87. The summed E-state index contributed by atoms with van der Waals surface area (Å²) < 4.78 is 26.3. The number of nitrogens with one attached hydrogen (secondary N) is 1. The Morgan fingerprint density at radius 2 is 2.19 bits per heavy atom. The number of hydrogen-bond acceptors (Lipinski definition) is 3. The van der Waals surface area contributed by atoms with Gasteiger partial charge in [-0.25, -0.2) is 8.78 Å². The highest BCUT2D eigenvalue weighted by atomic mass is 32.1. The Labute approximate surface area is 96.0 Å². The normalized spacial score (nSPS) is 12.4. The Hall–Kier alpha value is -1.49. The minimum absolute atomic E-state index is 0.0937. The number of nitrogens with zero attached hydrogens (tertiary/aromatic N) is 1. The molecule has 1 heterocycles. The van der Waals surface area contributed by atoms with Crippen molar-refractivity contribution in [3.8, 4) is 0 Å². The molecule has 0 bridgehead atoms. The van der Waals surface area contributed by atoms with Gasteiger partial charge in [0.25, 0.3) is 0 Å². The lowest BCUT2D eigenvalue weighted by Gasteiger charge is -2.13. The van der Waals surface area contributed by atoms with Gasteiger partial charge in [0.2, 0.25) is 0 Å². The molecule has 2 nitrogen and oxygen atoms in total. The summed E-state index contributed by atoms with van der Waals surface area (Å²) in [5, 5.41) is 2.91. The van der Waals surface area contributed by atoms with Crippen molar-refractivity contribution in [2.45, 2.75) is 13.0 Å². The summed E-state index contributed by atoms with van der Waals surface area (Å²) in [6, 6.07) is 3.26. The third kappa shape index (κ3) is 2.36. The molecule has 0 saturated carbocycles. The molecule has 84 valence electrons. The first kappa shape index (κ1) is 11.0. The molecule has 16 heavy (non-hydrogen) atoms. The van der Waals surface area contributed by atoms with Crippen molar-refractivity contribution in [1.82, 2.24) is 4.98 Å². The summed E-state index contributed by atoms with van der Waals surface area (Å²) >= 11 is 1.47. The standard InChI is InChI=1S/C11H10F2N2S/c1-7(11-5-14-6-16-11)15-10-4-8(12)2-3-9(10)13/h2-7,15H,1H3. The van der Waals surface area contributed by atoms with Crippen LogP contribution in [0.25, 0.3) is 0 Å². The fraction of sp³-hybridized carbons (Fsp3) is 0.182. The Kier molecular flexibility index (Phi) is 3.14. The van der Waals surface area contributed by atoms with E-state index in [1.165, 1.54) is 11.3 Å². The van der Waals surface area contributed by atoms with Crippen molar-refractivity contribution < 1.29 is 8.78 Å². The van der Waals surface area contributed by atoms with Crippen LogP contribution >= 0.6 is 11.3 Å². The van der Waals surface area contributed by atoms with Crippen LogP contribution in [0.3, 0.4) is 0 Å². The van der Waals surface area contributed by atoms with E-state index in [9.17, 15) is 8.78 Å². The van der Waals surface area contributed by atoms with Crippen LogP contribution in [0.4, 0.5) is 14.5 Å². The van der Waals surface area contributed by atoms with Gasteiger partial charge in [0.05, 0.1) is 17.2 Å². The van der Waals surface area contributed by atoms with E-state index in [2.05, 4.69) is 10.3 Å². The highest BCUT2D eigenvalue weighted by Crippen LogP contribution is 2.24. The number of hydrogen-bond donors (Lipinski definition) is 1. The van der Waals surface area contributed by atoms with Crippen molar-refractivity contribution in [3.63, 3.8) is 0 Å². The number of halogens is 2. The summed E-state index contributed by atoms with van der Waals surface area (Å²) in [7, 11) is 0. The lowest BCUT2D eigenvalue weighted by atomic mass is 10.2. The molecule has 0 aliphatic heterocycles. The molecule has 0 spiro atoms. The summed E-state index contributed by atoms with van der Waals surface area (Å²) in [6.45, 7) is 1.87. The molecule has 2 aromatic rings. The highest BCUT2D eigenvalue weighted by Gasteiger charge is 2.10. The molecule has 0 aliphatic carbocycles. The van der Waals surface area contributed by atoms with Gasteiger partial charge in [-0.2, -0.15) is 0 Å². The predicted molar refractivity (Wildman–Crippen MR) is 60.5 cm³/mol. The maximum atomic E-state index is 13.3. The molecule has 0 saturated heterocycles. The second-order valence-corrected chi connectivity index (χ2v) is 4.31. The third-order valence-corrected chi connectivity index (χ3v) is 3.14. The Morgan fingerprint density at radius 1 is 1.38 bits per heavy atom. The average molecular weight is 240 g/mol. The molecule has 0 aliphatic rings. The summed E-state index contributed by atoms with van der Waals surface area (Å²) in [4.78, 5) is 4.91. The van der Waals surface area contributed by atoms with Crippen LogP contribution in [-0.2, 0) is 0 Å². The van der Waals surface area contributed by atoms with E-state index in [1.54, 1.807) is 11.7 Å². The van der Waals surface area contributed by atoms with E-state index in [-0.39, 0.29) is 11.7 Å². The summed E-state index contributed by atoms with van der Waals surface area (Å²) in [6.07, 6.45) is 1.71. The van der Waals surface area contributed by atoms with Crippen LogP contribution in [0.5, 0.6) is 0 Å². The van der Waals surface area contributed by atoms with Crippen LogP contribution in [0.2, 0.25) is 0 Å². The van der Waals surface area contributed by atoms with Gasteiger partial charge in [0, 0.05) is 11.1 Å². The molecular weight excluding hydrogens is 230 g/mol. The number of aromatic nitrogens is 1. The SMILES string of the molecule is CC(Nc1cc(F)ccc1F)c1cncs1. The topological polar surface area (TPSA) is 24.9 Å². The monoisotopic (exact) mass is 240 g/mol. The smallest absolute Gasteiger partial charge is 0.146 e. The molecule has 1 atom stereocenters. The molecule has 0 fully saturated rings. The van der Waals surface area contributed by atoms with Crippen molar-refractivity contribution in [2.75, 3.05) is 5.32 Å². The average Bonchev–Trinajstić information content (AvgIpc) is 2.76. The number of thiazole rings is 1. The largest absolute Gasteiger partial charge is 0.375 e. The van der Waals surface area contributed by atoms with Gasteiger partial charge in [-0.15, -0.1) is 11.3 Å². The number of anilines is 1. The second kappa shape index (κ2) is 4.57. The van der Waals surface area contributed by atoms with E-state index in [4.69, 9.17) is 0 Å². The van der Waals surface area contributed by atoms with Gasteiger partial charge >= 0.3 is 0 Å². The van der Waals surface area contributed by atoms with Gasteiger partial charge in [-0.05, 0) is 25.1 Å². The van der Waals surface area contributed by atoms with Crippen molar-refractivity contribution in [2.24, 2.45) is 0 Å². The van der Waals surface area contributed by atoms with Gasteiger partial charge in [0.15, 0.2) is 0 Å². The van der Waals surface area contributed by atoms with Crippen LogP contribution in [0, 0.1) is 11.6 Å². The van der Waals surface area contributed by atoms with Crippen LogP contribution in [0.1, 0.15) is 17.8 Å². The van der Waals surface area contributed by atoms with Gasteiger partial charge < -0.3 is 5.32 Å². The lowest BCUT2D eigenvalue weighted by Crippen LogP contribution is -2.06. The van der Waals surface area contributed by atoms with Gasteiger partial charge in [-0.1, -0.05) is 0 Å². The van der Waals surface area contributed by atoms with E-state index in [0.29, 0.717) is 0 Å². The fourth-order valence-electron chi connectivity index (χ4n) is 1.35. The summed E-state index contributed by atoms with van der Waals surface area (Å²) in [5.74, 6) is -0.918. The maximum Gasteiger partial charge on any atom is 0.146 e. The molecule has 1 aromatic carbocycles. The Morgan fingerprint density at radius 3 is 2.88 bits per heavy atom. The number of benzene rings is 1. The first-order valence-electron chi connectivity index (χ1n) is 4.77. The second-order valence-electron chi connectivity index (χ2n) is 3.39. The molecule has 1 unspecified atom stereocenters. The van der Waals surface area contributed by atoms with E-state index < -0.39 is 11.6 Å². The zero-order valence-corrected chi connectivity index (χ0v) is 9.39. The van der Waals surface area contributed by atoms with Crippen LogP contribution < -0.4 is 5.32 Å². The van der Waals surface area contributed by atoms with E-state index in [1.807, 2.05) is 6.92 Å². The molecule has 1 aromatic heterocycles. The molecule has 5 heteroatoms. The third-order valence-electron chi connectivity index (χ3n) is 2.18. The minimum Gasteiger partial charge on any atom is -0.375 e. The highest BCUT2D eigenvalue weighted by molar-refractivity contribution is 7.09. The molecule has 0 amide bonds. The van der Waals surface area contributed by atoms with Gasteiger partial charge in [0.1, 0.15) is 11.6 Å². The Bertz CT molecular complexity index is 471.